The Morgan fingerprint density at radius 1 is 0.370 bits per heavy atom. The molecule has 0 saturated heterocycles. The molecule has 6 aromatic carbocycles. The van der Waals surface area contributed by atoms with Crippen molar-refractivity contribution in [3.05, 3.63) is 204 Å². The van der Waals surface area contributed by atoms with Crippen molar-refractivity contribution in [3.63, 3.8) is 0 Å². The highest BCUT2D eigenvalue weighted by Gasteiger charge is 2.17. The molecule has 46 heavy (non-hydrogen) atoms. The largest absolute Gasteiger partial charge is 0.255 e. The molecule has 8 rings (SSSR count). The molecule has 216 valence electrons. The van der Waals surface area contributed by atoms with E-state index in [0.717, 1.165) is 44.4 Å². The molecule has 0 bridgehead atoms. The first-order valence-corrected chi connectivity index (χ1v) is 15.6. The van der Waals surface area contributed by atoms with Crippen molar-refractivity contribution in [1.29, 1.82) is 0 Å². The predicted octanol–water partition coefficient (Wildman–Crippen LogP) is 11.1. The lowest BCUT2D eigenvalue weighted by Crippen LogP contribution is -1.98. The van der Waals surface area contributed by atoms with Gasteiger partial charge in [-0.3, -0.25) is 4.98 Å². The van der Waals surface area contributed by atoms with Gasteiger partial charge in [-0.2, -0.15) is 0 Å². The van der Waals surface area contributed by atoms with Crippen molar-refractivity contribution in [2.24, 2.45) is 0 Å². The fraction of sp³-hybridized carbons (Fsp3) is 0. The molecule has 0 radical (unpaired) electrons. The normalized spacial score (nSPS) is 11.0. The number of hydrogen-bond donors (Lipinski definition) is 0. The minimum Gasteiger partial charge on any atom is -0.255 e. The topological polar surface area (TPSA) is 25.8 Å². The molecule has 2 nitrogen and oxygen atoms in total. The highest BCUT2D eigenvalue weighted by atomic mass is 14.8. The Labute approximate surface area is 269 Å². The van der Waals surface area contributed by atoms with Crippen molar-refractivity contribution >= 4 is 32.8 Å². The van der Waals surface area contributed by atoms with Gasteiger partial charge in [0, 0.05) is 17.0 Å². The van der Waals surface area contributed by atoms with Crippen LogP contribution in [0.5, 0.6) is 0 Å². The summed E-state index contributed by atoms with van der Waals surface area (Å²) in [6.07, 6.45) is 1.90. The summed E-state index contributed by atoms with van der Waals surface area (Å²) >= 11 is 0. The van der Waals surface area contributed by atoms with Crippen LogP contribution in [0.3, 0.4) is 0 Å². The molecule has 0 N–H and O–H groups in total. The number of pyridine rings is 2. The van der Waals surface area contributed by atoms with Gasteiger partial charge >= 0.3 is 0 Å². The molecule has 0 aliphatic heterocycles. The van der Waals surface area contributed by atoms with Crippen LogP contribution in [0.25, 0.3) is 55.3 Å². The van der Waals surface area contributed by atoms with Crippen LogP contribution >= 0.6 is 0 Å². The summed E-state index contributed by atoms with van der Waals surface area (Å²) < 4.78 is 0. The number of nitrogens with zero attached hydrogens (tertiary/aromatic N) is 2. The van der Waals surface area contributed by atoms with E-state index in [4.69, 9.17) is 9.97 Å². The maximum atomic E-state index is 5.11. The fourth-order valence-corrected chi connectivity index (χ4v) is 6.42. The maximum absolute atomic E-state index is 5.11. The average Bonchev–Trinajstić information content (AvgIpc) is 3.14. The molecule has 0 atom stereocenters. The third-order valence-electron chi connectivity index (χ3n) is 8.53. The van der Waals surface area contributed by atoms with Crippen molar-refractivity contribution < 1.29 is 0 Å². The Morgan fingerprint density at radius 2 is 0.870 bits per heavy atom. The van der Waals surface area contributed by atoms with E-state index in [2.05, 4.69) is 170 Å². The minimum atomic E-state index is 0.859. The first kappa shape index (κ1) is 27.4. The molecule has 0 spiro atoms. The van der Waals surface area contributed by atoms with Crippen LogP contribution in [0.1, 0.15) is 22.3 Å². The molecule has 8 aromatic rings. The standard InChI is InChI=1S/C44H30N2/c1-4-15-31(16-5-1)42(32-17-6-2-7-18-32)43(33-19-8-3-9-20-33)36-22-14-21-34(29-36)35-27-28-45-41(30-35)44-39-25-11-10-23-37(39)38-24-12-13-26-40(38)46-44/h1-30H. The summed E-state index contributed by atoms with van der Waals surface area (Å²) in [5.74, 6) is 0. The zero-order valence-corrected chi connectivity index (χ0v) is 25.2. The molecule has 2 aromatic heterocycles. The van der Waals surface area contributed by atoms with E-state index in [0.29, 0.717) is 0 Å². The summed E-state index contributed by atoms with van der Waals surface area (Å²) in [5.41, 5.74) is 12.0. The van der Waals surface area contributed by atoms with Crippen LogP contribution in [-0.4, -0.2) is 9.97 Å². The number of aromatic nitrogens is 2. The Hall–Kier alpha value is -6.12. The number of rotatable bonds is 6. The van der Waals surface area contributed by atoms with E-state index in [9.17, 15) is 0 Å². The summed E-state index contributed by atoms with van der Waals surface area (Å²) in [4.78, 5) is 9.95. The second kappa shape index (κ2) is 12.1. The van der Waals surface area contributed by atoms with Gasteiger partial charge in [-0.1, -0.05) is 152 Å². The van der Waals surface area contributed by atoms with Crippen molar-refractivity contribution in [2.45, 2.75) is 0 Å². The molecule has 0 amide bonds. The molecular formula is C44H30N2. The summed E-state index contributed by atoms with van der Waals surface area (Å²) in [5, 5.41) is 3.44. The van der Waals surface area contributed by atoms with Crippen molar-refractivity contribution in [1.82, 2.24) is 9.97 Å². The molecule has 0 saturated carbocycles. The third kappa shape index (κ3) is 5.16. The zero-order chi connectivity index (χ0) is 30.7. The average molecular weight is 587 g/mol. The quantitative estimate of drug-likeness (QED) is 0.143. The number of hydrogen-bond acceptors (Lipinski definition) is 2. The first-order valence-electron chi connectivity index (χ1n) is 15.6. The van der Waals surface area contributed by atoms with Crippen molar-refractivity contribution in [3.8, 4) is 22.5 Å². The maximum Gasteiger partial charge on any atom is 0.0972 e. The van der Waals surface area contributed by atoms with E-state index in [-0.39, 0.29) is 0 Å². The van der Waals surface area contributed by atoms with Crippen LogP contribution in [0.4, 0.5) is 0 Å². The number of para-hydroxylation sites is 1. The lowest BCUT2D eigenvalue weighted by molar-refractivity contribution is 1.29. The summed E-state index contributed by atoms with van der Waals surface area (Å²) in [6, 6.07) is 62.0. The zero-order valence-electron chi connectivity index (χ0n) is 25.2. The molecule has 2 heteroatoms. The Morgan fingerprint density at radius 3 is 1.52 bits per heavy atom. The van der Waals surface area contributed by atoms with Gasteiger partial charge in [0.15, 0.2) is 0 Å². The minimum absolute atomic E-state index is 0.859. The van der Waals surface area contributed by atoms with Gasteiger partial charge in [0.2, 0.25) is 0 Å². The lowest BCUT2D eigenvalue weighted by atomic mass is 9.85. The molecular weight excluding hydrogens is 556 g/mol. The van der Waals surface area contributed by atoms with Gasteiger partial charge in [0.25, 0.3) is 0 Å². The Kier molecular flexibility index (Phi) is 7.22. The first-order chi connectivity index (χ1) is 22.8. The van der Waals surface area contributed by atoms with Crippen LogP contribution in [-0.2, 0) is 0 Å². The Balaban J connectivity index is 1.32. The molecule has 2 heterocycles. The van der Waals surface area contributed by atoms with E-state index < -0.39 is 0 Å². The highest BCUT2D eigenvalue weighted by molar-refractivity contribution is 6.10. The van der Waals surface area contributed by atoms with Crippen LogP contribution in [0.2, 0.25) is 0 Å². The SMILES string of the molecule is c1ccc(C(=C(c2ccccc2)c2cccc(-c3ccnc(-c4nc5ccccc5c5ccccc45)c3)c2)c2ccccc2)cc1. The van der Waals surface area contributed by atoms with Gasteiger partial charge in [-0.05, 0) is 74.2 Å². The lowest BCUT2D eigenvalue weighted by Gasteiger charge is -2.19. The van der Waals surface area contributed by atoms with Gasteiger partial charge < -0.3 is 0 Å². The van der Waals surface area contributed by atoms with Gasteiger partial charge in [0.1, 0.15) is 0 Å². The van der Waals surface area contributed by atoms with E-state index >= 15 is 0 Å². The second-order valence-electron chi connectivity index (χ2n) is 11.4. The van der Waals surface area contributed by atoms with E-state index in [1.807, 2.05) is 12.3 Å². The molecule has 0 unspecified atom stereocenters. The van der Waals surface area contributed by atoms with Crippen molar-refractivity contribution in [2.75, 3.05) is 0 Å². The van der Waals surface area contributed by atoms with E-state index in [1.54, 1.807) is 0 Å². The second-order valence-corrected chi connectivity index (χ2v) is 11.4. The number of benzene rings is 6. The van der Waals surface area contributed by atoms with Crippen LogP contribution in [0.15, 0.2) is 182 Å². The smallest absolute Gasteiger partial charge is 0.0972 e. The summed E-state index contributed by atoms with van der Waals surface area (Å²) in [7, 11) is 0. The molecule has 0 fully saturated rings. The highest BCUT2D eigenvalue weighted by Crippen LogP contribution is 2.39. The molecule has 0 aliphatic rings. The van der Waals surface area contributed by atoms with E-state index in [1.165, 1.54) is 33.2 Å². The van der Waals surface area contributed by atoms with Crippen LogP contribution in [0, 0.1) is 0 Å². The fourth-order valence-electron chi connectivity index (χ4n) is 6.42. The Bertz CT molecular complexity index is 2300. The van der Waals surface area contributed by atoms with Gasteiger partial charge in [-0.15, -0.1) is 0 Å². The van der Waals surface area contributed by atoms with Gasteiger partial charge in [-0.25, -0.2) is 4.98 Å². The monoisotopic (exact) mass is 586 g/mol. The summed E-state index contributed by atoms with van der Waals surface area (Å²) in [6.45, 7) is 0. The predicted molar refractivity (Wildman–Crippen MR) is 192 cm³/mol. The van der Waals surface area contributed by atoms with Crippen LogP contribution < -0.4 is 0 Å². The molecule has 0 aliphatic carbocycles. The number of fused-ring (bicyclic) bond motifs is 3. The van der Waals surface area contributed by atoms with Gasteiger partial charge in [0.05, 0.1) is 16.9 Å². The third-order valence-corrected chi connectivity index (χ3v) is 8.53.